The molecular weight excluding hydrogens is 303 g/mol. The molecule has 0 radical (unpaired) electrons. The SMILES string of the molecule is Cl.NCC1CCCN1C(=O)c1cc(Cl)sc1Cl. The van der Waals surface area contributed by atoms with Gasteiger partial charge in [-0.05, 0) is 18.9 Å². The first kappa shape index (κ1) is 15.1. The van der Waals surface area contributed by atoms with E-state index in [1.807, 2.05) is 0 Å². The van der Waals surface area contributed by atoms with Crippen LogP contribution in [0.15, 0.2) is 6.07 Å². The minimum absolute atomic E-state index is 0. The number of rotatable bonds is 2. The van der Waals surface area contributed by atoms with Gasteiger partial charge in [0.25, 0.3) is 5.91 Å². The van der Waals surface area contributed by atoms with Crippen LogP contribution in [-0.4, -0.2) is 29.9 Å². The number of hydrogen-bond donors (Lipinski definition) is 1. The van der Waals surface area contributed by atoms with Gasteiger partial charge in [-0.3, -0.25) is 4.79 Å². The van der Waals surface area contributed by atoms with Crippen molar-refractivity contribution in [3.05, 3.63) is 20.3 Å². The van der Waals surface area contributed by atoms with Gasteiger partial charge in [0.2, 0.25) is 0 Å². The maximum absolute atomic E-state index is 12.2. The van der Waals surface area contributed by atoms with Gasteiger partial charge in [-0.15, -0.1) is 23.7 Å². The number of carbonyl (C=O) groups excluding carboxylic acids is 1. The molecule has 1 atom stereocenters. The van der Waals surface area contributed by atoms with Crippen molar-refractivity contribution in [3.8, 4) is 0 Å². The Labute approximate surface area is 120 Å². The second-order valence-electron chi connectivity index (χ2n) is 3.77. The number of carbonyl (C=O) groups is 1. The van der Waals surface area contributed by atoms with Crippen LogP contribution in [-0.2, 0) is 0 Å². The molecule has 17 heavy (non-hydrogen) atoms. The smallest absolute Gasteiger partial charge is 0.256 e. The van der Waals surface area contributed by atoms with Crippen LogP contribution < -0.4 is 5.73 Å². The lowest BCUT2D eigenvalue weighted by Gasteiger charge is -2.23. The number of halogens is 3. The van der Waals surface area contributed by atoms with Crippen molar-refractivity contribution >= 4 is 52.9 Å². The molecule has 3 nitrogen and oxygen atoms in total. The van der Waals surface area contributed by atoms with Crippen LogP contribution in [0.5, 0.6) is 0 Å². The standard InChI is InChI=1S/C10H12Cl2N2OS.ClH/c11-8-4-7(9(12)16-8)10(15)14-3-1-2-6(14)5-13;/h4,6H,1-3,5,13H2;1H. The van der Waals surface area contributed by atoms with Gasteiger partial charge in [-0.25, -0.2) is 0 Å². The third kappa shape index (κ3) is 3.06. The Morgan fingerprint density at radius 2 is 2.29 bits per heavy atom. The second kappa shape index (κ2) is 6.25. The fourth-order valence-electron chi connectivity index (χ4n) is 1.99. The zero-order valence-corrected chi connectivity index (χ0v) is 12.1. The molecule has 1 aromatic heterocycles. The Hall–Kier alpha value is -0.0000000000000000555. The Bertz CT molecular complexity index is 410. The predicted molar refractivity (Wildman–Crippen MR) is 74.7 cm³/mol. The molecule has 2 heterocycles. The van der Waals surface area contributed by atoms with Crippen LogP contribution in [0.2, 0.25) is 8.67 Å². The van der Waals surface area contributed by atoms with E-state index >= 15 is 0 Å². The summed E-state index contributed by atoms with van der Waals surface area (Å²) >= 11 is 13.0. The summed E-state index contributed by atoms with van der Waals surface area (Å²) in [6.07, 6.45) is 1.97. The fraction of sp³-hybridized carbons (Fsp3) is 0.500. The van der Waals surface area contributed by atoms with Crippen LogP contribution in [0.4, 0.5) is 0 Å². The van der Waals surface area contributed by atoms with E-state index in [2.05, 4.69) is 0 Å². The van der Waals surface area contributed by atoms with Gasteiger partial charge >= 0.3 is 0 Å². The van der Waals surface area contributed by atoms with Crippen LogP contribution in [0, 0.1) is 0 Å². The maximum Gasteiger partial charge on any atom is 0.256 e. The van der Waals surface area contributed by atoms with Crippen LogP contribution in [0.25, 0.3) is 0 Å². The minimum atomic E-state index is -0.0545. The first-order valence-electron chi connectivity index (χ1n) is 5.09. The summed E-state index contributed by atoms with van der Waals surface area (Å²) in [5.74, 6) is -0.0545. The third-order valence-corrected chi connectivity index (χ3v) is 4.28. The third-order valence-electron chi connectivity index (χ3n) is 2.80. The van der Waals surface area contributed by atoms with Crippen molar-refractivity contribution in [3.63, 3.8) is 0 Å². The molecule has 1 aliphatic heterocycles. The summed E-state index contributed by atoms with van der Waals surface area (Å²) in [4.78, 5) is 14.0. The largest absolute Gasteiger partial charge is 0.334 e. The summed E-state index contributed by atoms with van der Waals surface area (Å²) in [5.41, 5.74) is 6.13. The zero-order chi connectivity index (χ0) is 11.7. The molecule has 0 spiro atoms. The molecule has 0 saturated carbocycles. The van der Waals surface area contributed by atoms with E-state index in [9.17, 15) is 4.79 Å². The molecule has 1 aromatic rings. The van der Waals surface area contributed by atoms with E-state index in [1.54, 1.807) is 11.0 Å². The van der Waals surface area contributed by atoms with E-state index in [-0.39, 0.29) is 24.4 Å². The number of amides is 1. The molecular formula is C10H13Cl3N2OS. The van der Waals surface area contributed by atoms with E-state index in [0.717, 1.165) is 19.4 Å². The highest BCUT2D eigenvalue weighted by Crippen LogP contribution is 2.33. The molecule has 1 unspecified atom stereocenters. The monoisotopic (exact) mass is 314 g/mol. The number of nitrogens with two attached hydrogens (primary N) is 1. The van der Waals surface area contributed by atoms with Gasteiger partial charge in [0.1, 0.15) is 4.34 Å². The molecule has 1 fully saturated rings. The summed E-state index contributed by atoms with van der Waals surface area (Å²) in [7, 11) is 0. The number of hydrogen-bond acceptors (Lipinski definition) is 3. The van der Waals surface area contributed by atoms with E-state index in [1.165, 1.54) is 11.3 Å². The topological polar surface area (TPSA) is 46.3 Å². The lowest BCUT2D eigenvalue weighted by molar-refractivity contribution is 0.0742. The molecule has 1 aliphatic rings. The number of thiophene rings is 1. The highest BCUT2D eigenvalue weighted by molar-refractivity contribution is 7.20. The lowest BCUT2D eigenvalue weighted by atomic mass is 10.2. The van der Waals surface area contributed by atoms with Gasteiger partial charge in [-0.1, -0.05) is 23.2 Å². The lowest BCUT2D eigenvalue weighted by Crippen LogP contribution is -2.39. The average Bonchev–Trinajstić information content (AvgIpc) is 2.83. The minimum Gasteiger partial charge on any atom is -0.334 e. The number of likely N-dealkylation sites (tertiary alicyclic amines) is 1. The van der Waals surface area contributed by atoms with Gasteiger partial charge in [0.05, 0.1) is 9.90 Å². The van der Waals surface area contributed by atoms with E-state index in [0.29, 0.717) is 20.8 Å². The zero-order valence-electron chi connectivity index (χ0n) is 8.99. The summed E-state index contributed by atoms with van der Waals surface area (Å²) in [6, 6.07) is 1.77. The van der Waals surface area contributed by atoms with Crippen LogP contribution >= 0.6 is 46.9 Å². The van der Waals surface area contributed by atoms with Crippen molar-refractivity contribution in [1.29, 1.82) is 0 Å². The Morgan fingerprint density at radius 1 is 1.59 bits per heavy atom. The van der Waals surface area contributed by atoms with Gasteiger partial charge in [0, 0.05) is 19.1 Å². The first-order chi connectivity index (χ1) is 7.63. The van der Waals surface area contributed by atoms with E-state index < -0.39 is 0 Å². The summed E-state index contributed by atoms with van der Waals surface area (Å²) < 4.78 is 0.995. The van der Waals surface area contributed by atoms with Crippen LogP contribution in [0.1, 0.15) is 23.2 Å². The molecule has 2 rings (SSSR count). The molecule has 2 N–H and O–H groups in total. The highest BCUT2D eigenvalue weighted by Gasteiger charge is 2.30. The van der Waals surface area contributed by atoms with Crippen LogP contribution in [0.3, 0.4) is 0 Å². The van der Waals surface area contributed by atoms with Crippen molar-refractivity contribution in [2.75, 3.05) is 13.1 Å². The highest BCUT2D eigenvalue weighted by atomic mass is 35.5. The van der Waals surface area contributed by atoms with Crippen molar-refractivity contribution < 1.29 is 4.79 Å². The normalized spacial score (nSPS) is 19.2. The Morgan fingerprint density at radius 3 is 2.82 bits per heavy atom. The molecule has 1 saturated heterocycles. The summed E-state index contributed by atoms with van der Waals surface area (Å²) in [6.45, 7) is 1.26. The molecule has 0 aromatic carbocycles. The maximum atomic E-state index is 12.2. The summed E-state index contributed by atoms with van der Waals surface area (Å²) in [5, 5.41) is 0. The van der Waals surface area contributed by atoms with Gasteiger partial charge in [0.15, 0.2) is 0 Å². The number of nitrogens with zero attached hydrogens (tertiary/aromatic N) is 1. The molecule has 0 aliphatic carbocycles. The molecule has 96 valence electrons. The Balaban J connectivity index is 0.00000144. The fourth-order valence-corrected chi connectivity index (χ4v) is 3.44. The molecule has 0 bridgehead atoms. The quantitative estimate of drug-likeness (QED) is 0.912. The first-order valence-corrected chi connectivity index (χ1v) is 6.66. The average molecular weight is 316 g/mol. The van der Waals surface area contributed by atoms with Crippen molar-refractivity contribution in [2.45, 2.75) is 18.9 Å². The molecule has 1 amide bonds. The second-order valence-corrected chi connectivity index (χ2v) is 6.05. The van der Waals surface area contributed by atoms with E-state index in [4.69, 9.17) is 28.9 Å². The predicted octanol–water partition coefficient (Wildman–Crippen LogP) is 3.04. The van der Waals surface area contributed by atoms with Gasteiger partial charge in [-0.2, -0.15) is 0 Å². The Kier molecular flexibility index (Phi) is 5.54. The van der Waals surface area contributed by atoms with Crippen molar-refractivity contribution in [2.24, 2.45) is 5.73 Å². The molecule has 7 heteroatoms. The van der Waals surface area contributed by atoms with Gasteiger partial charge < -0.3 is 10.6 Å². The van der Waals surface area contributed by atoms with Crippen molar-refractivity contribution in [1.82, 2.24) is 4.90 Å².